The molecule has 126 valence electrons. The third-order valence-electron chi connectivity index (χ3n) is 5.25. The Morgan fingerprint density at radius 1 is 1.14 bits per heavy atom. The van der Waals surface area contributed by atoms with Gasteiger partial charge >= 0.3 is 0 Å². The zero-order chi connectivity index (χ0) is 14.7. The van der Waals surface area contributed by atoms with Crippen molar-refractivity contribution >= 4 is 24.2 Å². The number of hydrogen-bond donors (Lipinski definition) is 1. The number of halogens is 1. The molecule has 6 heteroatoms. The predicted molar refractivity (Wildman–Crippen MR) is 88.0 cm³/mol. The van der Waals surface area contributed by atoms with E-state index in [1.807, 2.05) is 9.80 Å². The first-order valence-corrected chi connectivity index (χ1v) is 8.52. The number of piperazine rings is 1. The maximum atomic E-state index is 12.5. The van der Waals surface area contributed by atoms with Crippen LogP contribution in [0.2, 0.25) is 0 Å². The van der Waals surface area contributed by atoms with E-state index in [-0.39, 0.29) is 24.4 Å². The summed E-state index contributed by atoms with van der Waals surface area (Å²) in [7, 11) is 0. The zero-order valence-electron chi connectivity index (χ0n) is 13.3. The van der Waals surface area contributed by atoms with E-state index in [2.05, 4.69) is 5.32 Å². The fraction of sp³-hybridized carbons (Fsp3) is 0.875. The monoisotopic (exact) mass is 329 g/mol. The molecule has 3 fully saturated rings. The second-order valence-corrected chi connectivity index (χ2v) is 6.75. The lowest BCUT2D eigenvalue weighted by Gasteiger charge is -2.41. The van der Waals surface area contributed by atoms with Crippen LogP contribution in [0.3, 0.4) is 0 Å². The summed E-state index contributed by atoms with van der Waals surface area (Å²) in [5.74, 6) is 1.12. The Labute approximate surface area is 139 Å². The van der Waals surface area contributed by atoms with Crippen LogP contribution in [0, 0.1) is 5.92 Å². The molecular formula is C16H28ClN3O2. The fourth-order valence-electron chi connectivity index (χ4n) is 4.03. The molecule has 0 aromatic carbocycles. The summed E-state index contributed by atoms with van der Waals surface area (Å²) in [5, 5.41) is 3.11. The van der Waals surface area contributed by atoms with Crippen LogP contribution in [0.1, 0.15) is 44.9 Å². The Hall–Kier alpha value is -0.810. The molecule has 1 N–H and O–H groups in total. The normalized spacial score (nSPS) is 26.9. The van der Waals surface area contributed by atoms with Gasteiger partial charge in [-0.3, -0.25) is 9.59 Å². The minimum Gasteiger partial charge on any atom is -0.341 e. The van der Waals surface area contributed by atoms with Gasteiger partial charge in [0, 0.05) is 38.6 Å². The van der Waals surface area contributed by atoms with Crippen LogP contribution in [0.25, 0.3) is 0 Å². The van der Waals surface area contributed by atoms with Crippen LogP contribution in [-0.4, -0.2) is 60.4 Å². The van der Waals surface area contributed by atoms with Gasteiger partial charge in [-0.15, -0.1) is 12.4 Å². The van der Waals surface area contributed by atoms with E-state index in [9.17, 15) is 9.59 Å². The van der Waals surface area contributed by atoms with Crippen molar-refractivity contribution in [1.29, 1.82) is 0 Å². The van der Waals surface area contributed by atoms with Gasteiger partial charge in [0.15, 0.2) is 0 Å². The lowest BCUT2D eigenvalue weighted by molar-refractivity contribution is -0.140. The van der Waals surface area contributed by atoms with E-state index in [1.165, 1.54) is 25.7 Å². The van der Waals surface area contributed by atoms with Gasteiger partial charge in [0.05, 0.1) is 6.54 Å². The van der Waals surface area contributed by atoms with Gasteiger partial charge in [-0.2, -0.15) is 0 Å². The number of amides is 2. The molecule has 2 saturated heterocycles. The number of rotatable bonds is 3. The van der Waals surface area contributed by atoms with Crippen molar-refractivity contribution in [2.45, 2.75) is 51.0 Å². The van der Waals surface area contributed by atoms with Crippen LogP contribution < -0.4 is 5.32 Å². The second-order valence-electron chi connectivity index (χ2n) is 6.75. The van der Waals surface area contributed by atoms with Gasteiger partial charge < -0.3 is 15.1 Å². The SMILES string of the molecule is Cl.O=C(CC1CCCC1)N1CCCC(N2CCNCC2=O)C1. The molecule has 1 saturated carbocycles. The van der Waals surface area contributed by atoms with Gasteiger partial charge in [0.25, 0.3) is 0 Å². The maximum absolute atomic E-state index is 12.5. The standard InChI is InChI=1S/C16H27N3O2.ClH/c20-15(10-13-4-1-2-5-13)18-8-3-6-14(12-18)19-9-7-17-11-16(19)21;/h13-14,17H,1-12H2;1H. The molecule has 22 heavy (non-hydrogen) atoms. The van der Waals surface area contributed by atoms with Gasteiger partial charge in [-0.1, -0.05) is 12.8 Å². The van der Waals surface area contributed by atoms with E-state index < -0.39 is 0 Å². The number of nitrogens with one attached hydrogen (secondary N) is 1. The number of nitrogens with zero attached hydrogens (tertiary/aromatic N) is 2. The molecule has 0 spiro atoms. The Morgan fingerprint density at radius 3 is 2.64 bits per heavy atom. The summed E-state index contributed by atoms with van der Waals surface area (Å²) in [4.78, 5) is 28.5. The highest BCUT2D eigenvalue weighted by molar-refractivity contribution is 5.85. The molecule has 1 unspecified atom stereocenters. The number of likely N-dealkylation sites (tertiary alicyclic amines) is 1. The highest BCUT2D eigenvalue weighted by Crippen LogP contribution is 2.28. The quantitative estimate of drug-likeness (QED) is 0.852. The summed E-state index contributed by atoms with van der Waals surface area (Å²) in [6, 6.07) is 0.237. The Bertz CT molecular complexity index is 399. The Kier molecular flexibility index (Phi) is 6.50. The van der Waals surface area contributed by atoms with Crippen molar-refractivity contribution in [1.82, 2.24) is 15.1 Å². The van der Waals surface area contributed by atoms with Crippen LogP contribution in [0.5, 0.6) is 0 Å². The maximum Gasteiger partial charge on any atom is 0.236 e. The zero-order valence-corrected chi connectivity index (χ0v) is 14.1. The first kappa shape index (κ1) is 17.5. The van der Waals surface area contributed by atoms with Crippen molar-refractivity contribution in [3.8, 4) is 0 Å². The van der Waals surface area contributed by atoms with Crippen LogP contribution in [0.4, 0.5) is 0 Å². The van der Waals surface area contributed by atoms with Crippen LogP contribution in [-0.2, 0) is 9.59 Å². The summed E-state index contributed by atoms with van der Waals surface area (Å²) in [6.07, 6.45) is 7.81. The van der Waals surface area contributed by atoms with E-state index in [1.54, 1.807) is 0 Å². The lowest BCUT2D eigenvalue weighted by Crippen LogP contribution is -2.57. The lowest BCUT2D eigenvalue weighted by atomic mass is 9.99. The number of carbonyl (C=O) groups is 2. The first-order chi connectivity index (χ1) is 10.2. The van der Waals surface area contributed by atoms with Crippen molar-refractivity contribution in [3.63, 3.8) is 0 Å². The molecule has 5 nitrogen and oxygen atoms in total. The average molecular weight is 330 g/mol. The number of carbonyl (C=O) groups excluding carboxylic acids is 2. The van der Waals surface area contributed by atoms with Gasteiger partial charge in [-0.25, -0.2) is 0 Å². The average Bonchev–Trinajstić information content (AvgIpc) is 3.01. The molecule has 1 aliphatic carbocycles. The summed E-state index contributed by atoms with van der Waals surface area (Å²) in [6.45, 7) is 3.73. The highest BCUT2D eigenvalue weighted by atomic mass is 35.5. The smallest absolute Gasteiger partial charge is 0.236 e. The molecule has 3 aliphatic rings. The Balaban J connectivity index is 0.00000176. The Morgan fingerprint density at radius 2 is 1.91 bits per heavy atom. The van der Waals surface area contributed by atoms with Crippen molar-refractivity contribution in [2.24, 2.45) is 5.92 Å². The van der Waals surface area contributed by atoms with Gasteiger partial charge in [0.2, 0.25) is 11.8 Å². The molecule has 2 amide bonds. The minimum absolute atomic E-state index is 0. The topological polar surface area (TPSA) is 52.7 Å². The fourth-order valence-corrected chi connectivity index (χ4v) is 4.03. The van der Waals surface area contributed by atoms with Gasteiger partial charge in [-0.05, 0) is 31.6 Å². The van der Waals surface area contributed by atoms with Crippen molar-refractivity contribution < 1.29 is 9.59 Å². The molecule has 0 aromatic rings. The number of piperidine rings is 1. The van der Waals surface area contributed by atoms with Crippen molar-refractivity contribution in [3.05, 3.63) is 0 Å². The van der Waals surface area contributed by atoms with Crippen LogP contribution >= 0.6 is 12.4 Å². The largest absolute Gasteiger partial charge is 0.341 e. The predicted octanol–water partition coefficient (Wildman–Crippen LogP) is 1.41. The van der Waals surface area contributed by atoms with E-state index in [4.69, 9.17) is 0 Å². The van der Waals surface area contributed by atoms with Crippen LogP contribution in [0.15, 0.2) is 0 Å². The number of hydrogen-bond acceptors (Lipinski definition) is 3. The molecule has 0 radical (unpaired) electrons. The molecule has 3 rings (SSSR count). The molecule has 0 aromatic heterocycles. The molecule has 2 aliphatic heterocycles. The van der Waals surface area contributed by atoms with Crippen molar-refractivity contribution in [2.75, 3.05) is 32.7 Å². The summed E-state index contributed by atoms with van der Waals surface area (Å²) < 4.78 is 0. The van der Waals surface area contributed by atoms with E-state index >= 15 is 0 Å². The molecule has 1 atom stereocenters. The summed E-state index contributed by atoms with van der Waals surface area (Å²) in [5.41, 5.74) is 0. The molecular weight excluding hydrogens is 302 g/mol. The second kappa shape index (κ2) is 8.16. The molecule has 2 heterocycles. The first-order valence-electron chi connectivity index (χ1n) is 8.52. The van der Waals surface area contributed by atoms with Gasteiger partial charge in [0.1, 0.15) is 0 Å². The summed E-state index contributed by atoms with van der Waals surface area (Å²) >= 11 is 0. The van der Waals surface area contributed by atoms with E-state index in [0.29, 0.717) is 18.4 Å². The van der Waals surface area contributed by atoms with E-state index in [0.717, 1.165) is 45.4 Å². The minimum atomic E-state index is 0. The molecule has 0 bridgehead atoms. The highest BCUT2D eigenvalue weighted by Gasteiger charge is 2.32. The third kappa shape index (κ3) is 4.13. The third-order valence-corrected chi connectivity index (χ3v) is 5.25.